The van der Waals surface area contributed by atoms with Crippen molar-refractivity contribution in [3.8, 4) is 0 Å². The molecule has 2 fully saturated rings. The molecule has 5 nitrogen and oxygen atoms in total. The Kier molecular flexibility index (Phi) is 1.52. The zero-order valence-corrected chi connectivity index (χ0v) is 7.41. The topological polar surface area (TPSA) is 69.6 Å². The van der Waals surface area contributed by atoms with Gasteiger partial charge in [0.25, 0.3) is 0 Å². The molecule has 1 spiro atoms. The minimum absolute atomic E-state index is 0.0384. The van der Waals surface area contributed by atoms with Gasteiger partial charge in [-0.2, -0.15) is 0 Å². The molecule has 5 heteroatoms. The fourth-order valence-electron chi connectivity index (χ4n) is 2.25. The Bertz CT molecular complexity index is 279. The van der Waals surface area contributed by atoms with Gasteiger partial charge in [0, 0.05) is 6.04 Å². The summed E-state index contributed by atoms with van der Waals surface area (Å²) >= 11 is 0. The van der Waals surface area contributed by atoms with Gasteiger partial charge >= 0.3 is 6.09 Å². The van der Waals surface area contributed by atoms with Crippen molar-refractivity contribution in [2.75, 3.05) is 6.54 Å². The summed E-state index contributed by atoms with van der Waals surface area (Å²) in [6.45, 7) is 2.32. The minimum atomic E-state index is -0.986. The van der Waals surface area contributed by atoms with Crippen LogP contribution in [0.4, 0.5) is 4.79 Å². The standard InChI is InChI=1S/C8H12N2O3/c1-5-2-3-8(4-9-6(8)11)10(5)7(12)13/h5H,2-4H2,1H3,(H,9,11)(H,12,13). The van der Waals surface area contributed by atoms with E-state index in [1.165, 1.54) is 4.90 Å². The van der Waals surface area contributed by atoms with Crippen molar-refractivity contribution >= 4 is 12.0 Å². The number of carbonyl (C=O) groups is 2. The third-order valence-electron chi connectivity index (χ3n) is 3.05. The highest BCUT2D eigenvalue weighted by Gasteiger charge is 2.58. The maximum absolute atomic E-state index is 11.3. The van der Waals surface area contributed by atoms with Crippen molar-refractivity contribution in [1.82, 2.24) is 10.2 Å². The van der Waals surface area contributed by atoms with E-state index in [0.717, 1.165) is 6.42 Å². The lowest BCUT2D eigenvalue weighted by atomic mass is 9.88. The molecule has 2 rings (SSSR count). The molecule has 13 heavy (non-hydrogen) atoms. The maximum Gasteiger partial charge on any atom is 0.408 e. The number of nitrogens with zero attached hydrogens (tertiary/aromatic N) is 1. The van der Waals surface area contributed by atoms with Crippen LogP contribution < -0.4 is 5.32 Å². The molecule has 2 aliphatic rings. The van der Waals surface area contributed by atoms with Crippen LogP contribution in [0.5, 0.6) is 0 Å². The highest BCUT2D eigenvalue weighted by Crippen LogP contribution is 2.37. The minimum Gasteiger partial charge on any atom is -0.465 e. The van der Waals surface area contributed by atoms with Gasteiger partial charge in [0.2, 0.25) is 5.91 Å². The summed E-state index contributed by atoms with van der Waals surface area (Å²) in [7, 11) is 0. The maximum atomic E-state index is 11.3. The zero-order valence-electron chi connectivity index (χ0n) is 7.41. The molecule has 0 aromatic carbocycles. The van der Waals surface area contributed by atoms with Crippen LogP contribution in [0.2, 0.25) is 0 Å². The van der Waals surface area contributed by atoms with Gasteiger partial charge in [-0.1, -0.05) is 0 Å². The number of carbonyl (C=O) groups excluding carboxylic acids is 1. The molecule has 0 saturated carbocycles. The van der Waals surface area contributed by atoms with Gasteiger partial charge in [0.1, 0.15) is 5.54 Å². The normalized spacial score (nSPS) is 37.5. The zero-order chi connectivity index (χ0) is 9.64. The van der Waals surface area contributed by atoms with E-state index in [1.807, 2.05) is 6.92 Å². The van der Waals surface area contributed by atoms with E-state index in [2.05, 4.69) is 5.32 Å². The van der Waals surface area contributed by atoms with Gasteiger partial charge in [-0.3, -0.25) is 9.69 Å². The van der Waals surface area contributed by atoms with Gasteiger partial charge in [-0.05, 0) is 19.8 Å². The lowest BCUT2D eigenvalue weighted by Crippen LogP contribution is -2.72. The molecule has 2 atom stereocenters. The van der Waals surface area contributed by atoms with Crippen LogP contribution in [0.1, 0.15) is 19.8 Å². The monoisotopic (exact) mass is 184 g/mol. The summed E-state index contributed by atoms with van der Waals surface area (Å²) in [6.07, 6.45) is 0.450. The van der Waals surface area contributed by atoms with Crippen LogP contribution in [-0.4, -0.2) is 40.1 Å². The Balaban J connectivity index is 2.29. The predicted octanol–water partition coefficient (Wildman–Crippen LogP) is 0.0173. The molecule has 2 aliphatic heterocycles. The van der Waals surface area contributed by atoms with Crippen molar-refractivity contribution in [3.05, 3.63) is 0 Å². The fraction of sp³-hybridized carbons (Fsp3) is 0.750. The molecular formula is C8H12N2O3. The molecular weight excluding hydrogens is 172 g/mol. The highest BCUT2D eigenvalue weighted by atomic mass is 16.4. The number of β-lactam (4-membered cyclic amide) rings is 1. The van der Waals surface area contributed by atoms with Gasteiger partial charge in [0.05, 0.1) is 6.54 Å². The van der Waals surface area contributed by atoms with Crippen molar-refractivity contribution < 1.29 is 14.7 Å². The second-order valence-electron chi connectivity index (χ2n) is 3.75. The second-order valence-corrected chi connectivity index (χ2v) is 3.75. The number of hydrogen-bond donors (Lipinski definition) is 2. The number of amides is 2. The highest BCUT2D eigenvalue weighted by molar-refractivity contribution is 5.96. The molecule has 72 valence electrons. The Morgan fingerprint density at radius 1 is 1.77 bits per heavy atom. The van der Waals surface area contributed by atoms with E-state index in [0.29, 0.717) is 13.0 Å². The van der Waals surface area contributed by atoms with E-state index >= 15 is 0 Å². The number of rotatable bonds is 0. The molecule has 0 radical (unpaired) electrons. The van der Waals surface area contributed by atoms with E-state index in [9.17, 15) is 9.59 Å². The average molecular weight is 184 g/mol. The lowest BCUT2D eigenvalue weighted by Gasteiger charge is -2.44. The predicted molar refractivity (Wildman–Crippen MR) is 44.3 cm³/mol. The van der Waals surface area contributed by atoms with Gasteiger partial charge < -0.3 is 10.4 Å². The number of likely N-dealkylation sites (tertiary alicyclic amines) is 1. The first-order chi connectivity index (χ1) is 6.08. The van der Waals surface area contributed by atoms with Crippen molar-refractivity contribution in [2.45, 2.75) is 31.3 Å². The van der Waals surface area contributed by atoms with Crippen LogP contribution in [0.15, 0.2) is 0 Å². The van der Waals surface area contributed by atoms with Crippen molar-refractivity contribution in [1.29, 1.82) is 0 Å². The summed E-state index contributed by atoms with van der Waals surface area (Å²) in [5.74, 6) is -0.140. The van der Waals surface area contributed by atoms with Crippen LogP contribution in [-0.2, 0) is 4.79 Å². The first kappa shape index (κ1) is 8.34. The van der Waals surface area contributed by atoms with Gasteiger partial charge in [-0.15, -0.1) is 0 Å². The quantitative estimate of drug-likeness (QED) is 0.521. The summed E-state index contributed by atoms with van der Waals surface area (Å²) in [4.78, 5) is 23.5. The lowest BCUT2D eigenvalue weighted by molar-refractivity contribution is -0.140. The third kappa shape index (κ3) is 0.868. The van der Waals surface area contributed by atoms with E-state index < -0.39 is 11.6 Å². The largest absolute Gasteiger partial charge is 0.465 e. The Labute approximate surface area is 75.7 Å². The van der Waals surface area contributed by atoms with Crippen LogP contribution in [0.3, 0.4) is 0 Å². The third-order valence-corrected chi connectivity index (χ3v) is 3.05. The van der Waals surface area contributed by atoms with Gasteiger partial charge in [-0.25, -0.2) is 4.79 Å². The molecule has 2 amide bonds. The molecule has 2 N–H and O–H groups in total. The molecule has 0 aliphatic carbocycles. The Morgan fingerprint density at radius 2 is 2.46 bits per heavy atom. The number of carboxylic acid groups (broad SMARTS) is 1. The number of hydrogen-bond acceptors (Lipinski definition) is 2. The molecule has 2 heterocycles. The van der Waals surface area contributed by atoms with Crippen LogP contribution in [0, 0.1) is 0 Å². The van der Waals surface area contributed by atoms with Crippen LogP contribution in [0.25, 0.3) is 0 Å². The molecule has 0 aromatic heterocycles. The Morgan fingerprint density at radius 3 is 2.77 bits per heavy atom. The fourth-order valence-corrected chi connectivity index (χ4v) is 2.25. The van der Waals surface area contributed by atoms with E-state index in [1.54, 1.807) is 0 Å². The molecule has 2 unspecified atom stereocenters. The summed E-state index contributed by atoms with van der Waals surface area (Å²) in [6, 6.07) is -0.0384. The first-order valence-electron chi connectivity index (χ1n) is 4.38. The van der Waals surface area contributed by atoms with E-state index in [-0.39, 0.29) is 11.9 Å². The SMILES string of the molecule is CC1CCC2(CNC2=O)N1C(=O)O. The number of nitrogens with one attached hydrogen (secondary N) is 1. The van der Waals surface area contributed by atoms with Crippen LogP contribution >= 0.6 is 0 Å². The summed E-state index contributed by atoms with van der Waals surface area (Å²) < 4.78 is 0. The average Bonchev–Trinajstić information content (AvgIpc) is 2.42. The summed E-state index contributed by atoms with van der Waals surface area (Å²) in [5.41, 5.74) is -0.731. The van der Waals surface area contributed by atoms with E-state index in [4.69, 9.17) is 5.11 Å². The summed E-state index contributed by atoms with van der Waals surface area (Å²) in [5, 5.41) is 11.6. The molecule has 2 saturated heterocycles. The van der Waals surface area contributed by atoms with Gasteiger partial charge in [0.15, 0.2) is 0 Å². The molecule has 0 bridgehead atoms. The smallest absolute Gasteiger partial charge is 0.408 e. The van der Waals surface area contributed by atoms with Crippen molar-refractivity contribution in [2.24, 2.45) is 0 Å². The Hall–Kier alpha value is -1.26. The molecule has 0 aromatic rings. The first-order valence-corrected chi connectivity index (χ1v) is 4.38. The van der Waals surface area contributed by atoms with Crippen molar-refractivity contribution in [3.63, 3.8) is 0 Å². The second kappa shape index (κ2) is 2.37.